The van der Waals surface area contributed by atoms with Crippen LogP contribution < -0.4 is 0 Å². The molecule has 0 amide bonds. The third kappa shape index (κ3) is 1.62. The minimum atomic E-state index is -0.513. The van der Waals surface area contributed by atoms with Gasteiger partial charge in [-0.05, 0) is 26.2 Å². The van der Waals surface area contributed by atoms with E-state index in [9.17, 15) is 4.79 Å². The Bertz CT molecular complexity index is 155. The van der Waals surface area contributed by atoms with E-state index in [-0.39, 0.29) is 0 Å². The number of rotatable bonds is 4. The van der Waals surface area contributed by atoms with Crippen LogP contribution in [-0.4, -0.2) is 18.5 Å². The molecule has 0 spiro atoms. The molecule has 1 rings (SSSR count). The second-order valence-electron chi connectivity index (χ2n) is 3.43. The molecule has 2 heteroatoms. The molecule has 2 nitrogen and oxygen atoms in total. The van der Waals surface area contributed by atoms with Crippen LogP contribution in [0, 0.1) is 5.92 Å². The molecular formula is C9H16O2. The van der Waals surface area contributed by atoms with Gasteiger partial charge >= 0.3 is 0 Å². The quantitative estimate of drug-likeness (QED) is 0.620. The molecular weight excluding hydrogens is 140 g/mol. The summed E-state index contributed by atoms with van der Waals surface area (Å²) in [6.45, 7) is 3.87. The van der Waals surface area contributed by atoms with E-state index in [1.807, 2.05) is 13.8 Å². The highest BCUT2D eigenvalue weighted by Gasteiger charge is 2.41. The fourth-order valence-corrected chi connectivity index (χ4v) is 1.20. The van der Waals surface area contributed by atoms with Crippen molar-refractivity contribution in [3.05, 3.63) is 0 Å². The first-order valence-electron chi connectivity index (χ1n) is 4.23. The maximum absolute atomic E-state index is 11.6. The molecule has 1 atom stereocenters. The average molecular weight is 156 g/mol. The zero-order valence-electron chi connectivity index (χ0n) is 7.52. The number of ketones is 1. The fraction of sp³-hybridized carbons (Fsp3) is 0.889. The Kier molecular flexibility index (Phi) is 2.33. The number of carbonyl (C=O) groups excluding carboxylic acids is 1. The molecule has 1 unspecified atom stereocenters. The van der Waals surface area contributed by atoms with Crippen LogP contribution in [0.4, 0.5) is 0 Å². The zero-order valence-corrected chi connectivity index (χ0v) is 7.52. The SMILES string of the molecule is CCC(C)(OC)C(=O)C1CC1. The van der Waals surface area contributed by atoms with E-state index in [2.05, 4.69) is 0 Å². The number of Topliss-reactive ketones (excluding diaryl/α,β-unsaturated/α-hetero) is 1. The van der Waals surface area contributed by atoms with Crippen molar-refractivity contribution in [2.24, 2.45) is 5.92 Å². The van der Waals surface area contributed by atoms with E-state index in [1.165, 1.54) is 0 Å². The Morgan fingerprint density at radius 2 is 2.18 bits per heavy atom. The van der Waals surface area contributed by atoms with Gasteiger partial charge in [-0.15, -0.1) is 0 Å². The van der Waals surface area contributed by atoms with E-state index in [0.717, 1.165) is 19.3 Å². The fourth-order valence-electron chi connectivity index (χ4n) is 1.20. The third-order valence-corrected chi connectivity index (χ3v) is 2.59. The van der Waals surface area contributed by atoms with Crippen molar-refractivity contribution < 1.29 is 9.53 Å². The lowest BCUT2D eigenvalue weighted by Gasteiger charge is -2.24. The Hall–Kier alpha value is -0.370. The number of hydrogen-bond acceptors (Lipinski definition) is 2. The summed E-state index contributed by atoms with van der Waals surface area (Å²) in [6.07, 6.45) is 2.91. The van der Waals surface area contributed by atoms with Crippen LogP contribution in [-0.2, 0) is 9.53 Å². The molecule has 0 saturated heterocycles. The molecule has 0 radical (unpaired) electrons. The standard InChI is InChI=1S/C9H16O2/c1-4-9(2,11-3)8(10)7-5-6-7/h7H,4-6H2,1-3H3. The molecule has 1 aliphatic rings. The second kappa shape index (κ2) is 2.94. The second-order valence-corrected chi connectivity index (χ2v) is 3.43. The topological polar surface area (TPSA) is 26.3 Å². The van der Waals surface area contributed by atoms with Crippen LogP contribution in [0.25, 0.3) is 0 Å². The van der Waals surface area contributed by atoms with Crippen molar-refractivity contribution in [1.82, 2.24) is 0 Å². The van der Waals surface area contributed by atoms with Gasteiger partial charge in [0.1, 0.15) is 5.60 Å². The molecule has 0 N–H and O–H groups in total. The molecule has 1 aliphatic carbocycles. The van der Waals surface area contributed by atoms with Gasteiger partial charge < -0.3 is 4.74 Å². The first-order chi connectivity index (χ1) is 5.14. The molecule has 1 saturated carbocycles. The lowest BCUT2D eigenvalue weighted by Crippen LogP contribution is -2.37. The molecule has 0 heterocycles. The van der Waals surface area contributed by atoms with Gasteiger partial charge in [-0.1, -0.05) is 6.92 Å². The summed E-state index contributed by atoms with van der Waals surface area (Å²) in [5.41, 5.74) is -0.513. The van der Waals surface area contributed by atoms with Crippen molar-refractivity contribution in [2.75, 3.05) is 7.11 Å². The van der Waals surface area contributed by atoms with Crippen molar-refractivity contribution in [3.63, 3.8) is 0 Å². The van der Waals surface area contributed by atoms with Crippen molar-refractivity contribution >= 4 is 5.78 Å². The first-order valence-corrected chi connectivity index (χ1v) is 4.23. The lowest BCUT2D eigenvalue weighted by molar-refractivity contribution is -0.140. The van der Waals surface area contributed by atoms with Gasteiger partial charge in [0.25, 0.3) is 0 Å². The lowest BCUT2D eigenvalue weighted by atomic mass is 9.94. The summed E-state index contributed by atoms with van der Waals surface area (Å²) in [7, 11) is 1.61. The maximum Gasteiger partial charge on any atom is 0.167 e. The summed E-state index contributed by atoms with van der Waals surface area (Å²) in [4.78, 5) is 11.6. The largest absolute Gasteiger partial charge is 0.371 e. The van der Waals surface area contributed by atoms with Gasteiger partial charge in [-0.3, -0.25) is 4.79 Å². The molecule has 64 valence electrons. The Balaban J connectivity index is 2.59. The van der Waals surface area contributed by atoms with Crippen LogP contribution >= 0.6 is 0 Å². The van der Waals surface area contributed by atoms with Gasteiger partial charge in [-0.25, -0.2) is 0 Å². The van der Waals surface area contributed by atoms with Crippen molar-refractivity contribution in [2.45, 2.75) is 38.7 Å². The molecule has 0 aliphatic heterocycles. The predicted molar refractivity (Wildman–Crippen MR) is 43.4 cm³/mol. The molecule has 0 bridgehead atoms. The molecule has 11 heavy (non-hydrogen) atoms. The molecule has 1 fully saturated rings. The maximum atomic E-state index is 11.6. The highest BCUT2D eigenvalue weighted by atomic mass is 16.5. The monoisotopic (exact) mass is 156 g/mol. The smallest absolute Gasteiger partial charge is 0.167 e. The van der Waals surface area contributed by atoms with Gasteiger partial charge in [0, 0.05) is 13.0 Å². The number of carbonyl (C=O) groups is 1. The normalized spacial score (nSPS) is 22.8. The number of hydrogen-bond donors (Lipinski definition) is 0. The average Bonchev–Trinajstić information content (AvgIpc) is 2.84. The van der Waals surface area contributed by atoms with Crippen LogP contribution in [0.3, 0.4) is 0 Å². The van der Waals surface area contributed by atoms with E-state index in [4.69, 9.17) is 4.74 Å². The third-order valence-electron chi connectivity index (χ3n) is 2.59. The highest BCUT2D eigenvalue weighted by Crippen LogP contribution is 2.35. The molecule has 0 aromatic rings. The Labute approximate surface area is 67.9 Å². The summed E-state index contributed by atoms with van der Waals surface area (Å²) < 4.78 is 5.20. The predicted octanol–water partition coefficient (Wildman–Crippen LogP) is 1.78. The van der Waals surface area contributed by atoms with Crippen molar-refractivity contribution in [3.8, 4) is 0 Å². The Morgan fingerprint density at radius 1 is 1.64 bits per heavy atom. The zero-order chi connectivity index (χ0) is 8.48. The van der Waals surface area contributed by atoms with E-state index < -0.39 is 5.60 Å². The van der Waals surface area contributed by atoms with Crippen LogP contribution in [0.1, 0.15) is 33.1 Å². The van der Waals surface area contributed by atoms with Crippen LogP contribution in [0.2, 0.25) is 0 Å². The van der Waals surface area contributed by atoms with Crippen LogP contribution in [0.5, 0.6) is 0 Å². The van der Waals surface area contributed by atoms with E-state index in [0.29, 0.717) is 11.7 Å². The summed E-state index contributed by atoms with van der Waals surface area (Å²) in [6, 6.07) is 0. The van der Waals surface area contributed by atoms with Gasteiger partial charge in [0.2, 0.25) is 0 Å². The van der Waals surface area contributed by atoms with Crippen LogP contribution in [0.15, 0.2) is 0 Å². The number of methoxy groups -OCH3 is 1. The van der Waals surface area contributed by atoms with Gasteiger partial charge in [-0.2, -0.15) is 0 Å². The summed E-state index contributed by atoms with van der Waals surface area (Å²) >= 11 is 0. The van der Waals surface area contributed by atoms with E-state index >= 15 is 0 Å². The van der Waals surface area contributed by atoms with Gasteiger partial charge in [0.05, 0.1) is 0 Å². The molecule has 0 aromatic carbocycles. The van der Waals surface area contributed by atoms with E-state index in [1.54, 1.807) is 7.11 Å². The Morgan fingerprint density at radius 3 is 2.45 bits per heavy atom. The molecule has 0 aromatic heterocycles. The minimum Gasteiger partial charge on any atom is -0.371 e. The first kappa shape index (κ1) is 8.72. The summed E-state index contributed by atoms with van der Waals surface area (Å²) in [5.74, 6) is 0.599. The minimum absolute atomic E-state index is 0.294. The highest BCUT2D eigenvalue weighted by molar-refractivity contribution is 5.90. The number of ether oxygens (including phenoxy) is 1. The summed E-state index contributed by atoms with van der Waals surface area (Å²) in [5, 5.41) is 0. The van der Waals surface area contributed by atoms with Crippen molar-refractivity contribution in [1.29, 1.82) is 0 Å². The van der Waals surface area contributed by atoms with Gasteiger partial charge in [0.15, 0.2) is 5.78 Å².